The van der Waals surface area contributed by atoms with Crippen molar-refractivity contribution < 1.29 is 25.9 Å². The van der Waals surface area contributed by atoms with Crippen molar-refractivity contribution >= 4 is 20.2 Å². The molecule has 2 N–H and O–H groups in total. The van der Waals surface area contributed by atoms with E-state index in [1.165, 1.54) is 24.3 Å². The summed E-state index contributed by atoms with van der Waals surface area (Å²) in [7, 11) is -8.39. The average Bonchev–Trinajstić information content (AvgIpc) is 2.53. The molecule has 2 unspecified atom stereocenters. The first kappa shape index (κ1) is 19.6. The number of hydrogen-bond donors (Lipinski definition) is 2. The zero-order chi connectivity index (χ0) is 18.8. The Hall–Kier alpha value is -1.74. The number of hydrogen-bond acceptors (Lipinski definition) is 4. The molecular formula is C17H20O6S2. The summed E-state index contributed by atoms with van der Waals surface area (Å²) >= 11 is 0. The summed E-state index contributed by atoms with van der Waals surface area (Å²) in [5, 5.41) is 0. The van der Waals surface area contributed by atoms with E-state index in [-0.39, 0.29) is 21.6 Å². The van der Waals surface area contributed by atoms with Crippen LogP contribution in [0.15, 0.2) is 58.3 Å². The van der Waals surface area contributed by atoms with E-state index in [0.717, 1.165) is 17.5 Å². The minimum Gasteiger partial charge on any atom is -0.282 e. The van der Waals surface area contributed by atoms with Gasteiger partial charge in [0.25, 0.3) is 20.2 Å². The fourth-order valence-corrected chi connectivity index (χ4v) is 3.70. The lowest BCUT2D eigenvalue weighted by molar-refractivity contribution is 0.481. The van der Waals surface area contributed by atoms with Crippen LogP contribution in [0.1, 0.15) is 43.2 Å². The van der Waals surface area contributed by atoms with E-state index in [9.17, 15) is 16.8 Å². The van der Waals surface area contributed by atoms with Crippen LogP contribution in [0.2, 0.25) is 0 Å². The van der Waals surface area contributed by atoms with Crippen molar-refractivity contribution in [1.82, 2.24) is 0 Å². The predicted octanol–water partition coefficient (Wildman–Crippen LogP) is 3.48. The van der Waals surface area contributed by atoms with Gasteiger partial charge in [0.2, 0.25) is 0 Å². The molecule has 0 aliphatic rings. The largest absolute Gasteiger partial charge is 0.294 e. The van der Waals surface area contributed by atoms with Crippen LogP contribution in [-0.2, 0) is 20.2 Å². The zero-order valence-electron chi connectivity index (χ0n) is 13.8. The Morgan fingerprint density at radius 1 is 0.680 bits per heavy atom. The van der Waals surface area contributed by atoms with Gasteiger partial charge in [0.1, 0.15) is 0 Å². The summed E-state index contributed by atoms with van der Waals surface area (Å²) in [4.78, 5) is -0.283. The molecule has 0 radical (unpaired) electrons. The van der Waals surface area contributed by atoms with Crippen molar-refractivity contribution in [2.24, 2.45) is 0 Å². The topological polar surface area (TPSA) is 109 Å². The third-order valence-corrected chi connectivity index (χ3v) is 5.94. The smallest absolute Gasteiger partial charge is 0.282 e. The van der Waals surface area contributed by atoms with E-state index in [0.29, 0.717) is 0 Å². The normalized spacial score (nSPS) is 14.9. The van der Waals surface area contributed by atoms with Crippen molar-refractivity contribution in [3.8, 4) is 0 Å². The molecule has 6 nitrogen and oxygen atoms in total. The molecule has 0 amide bonds. The molecule has 0 saturated heterocycles. The van der Waals surface area contributed by atoms with Crippen molar-refractivity contribution in [2.45, 2.75) is 41.9 Å². The monoisotopic (exact) mass is 384 g/mol. The summed E-state index contributed by atoms with van der Waals surface area (Å²) in [5.41, 5.74) is 1.88. The summed E-state index contributed by atoms with van der Waals surface area (Å²) in [6.45, 7) is 4.01. The van der Waals surface area contributed by atoms with E-state index in [1.54, 1.807) is 24.3 Å². The molecule has 0 bridgehead atoms. The summed E-state index contributed by atoms with van der Waals surface area (Å²) < 4.78 is 62.3. The maximum absolute atomic E-state index is 11.1. The first-order valence-corrected chi connectivity index (χ1v) is 10.5. The van der Waals surface area contributed by atoms with E-state index in [4.69, 9.17) is 9.11 Å². The second-order valence-electron chi connectivity index (χ2n) is 6.13. The lowest BCUT2D eigenvalue weighted by Crippen LogP contribution is -2.03. The van der Waals surface area contributed by atoms with Gasteiger partial charge < -0.3 is 0 Å². The van der Waals surface area contributed by atoms with Gasteiger partial charge in [-0.25, -0.2) is 0 Å². The quantitative estimate of drug-likeness (QED) is 0.738. The first-order chi connectivity index (χ1) is 11.5. The minimum absolute atomic E-state index is 0.131. The fraction of sp³-hybridized carbons (Fsp3) is 0.294. The van der Waals surface area contributed by atoms with E-state index in [1.807, 2.05) is 13.8 Å². The maximum atomic E-state index is 11.1. The summed E-state index contributed by atoms with van der Waals surface area (Å²) in [6.07, 6.45) is 0.760. The molecule has 0 saturated carbocycles. The van der Waals surface area contributed by atoms with Crippen LogP contribution in [0.4, 0.5) is 0 Å². The van der Waals surface area contributed by atoms with Crippen LogP contribution >= 0.6 is 0 Å². The Labute approximate surface area is 148 Å². The first-order valence-electron chi connectivity index (χ1n) is 7.63. The highest BCUT2D eigenvalue weighted by atomic mass is 32.2. The van der Waals surface area contributed by atoms with E-state index in [2.05, 4.69) is 0 Å². The standard InChI is InChI=1S/C17H20O6S2/c1-12(14-3-7-16(8-4-14)24(18,19)20)11-13(2)15-5-9-17(10-6-15)25(21,22)23/h3-10,12-13H,11H2,1-2H3,(H,18,19,20)(H,21,22,23). The SMILES string of the molecule is CC(CC(C)c1ccc(S(=O)(=O)O)cc1)c1ccc(S(=O)(=O)O)cc1. The van der Waals surface area contributed by atoms with Gasteiger partial charge in [-0.15, -0.1) is 0 Å². The van der Waals surface area contributed by atoms with Gasteiger partial charge in [-0.3, -0.25) is 9.11 Å². The van der Waals surface area contributed by atoms with Crippen LogP contribution < -0.4 is 0 Å². The molecule has 2 aromatic rings. The van der Waals surface area contributed by atoms with Gasteiger partial charge in [-0.1, -0.05) is 38.1 Å². The number of rotatable bonds is 6. The third-order valence-electron chi connectivity index (χ3n) is 4.20. The molecule has 0 fully saturated rings. The van der Waals surface area contributed by atoms with Crippen molar-refractivity contribution in [3.05, 3.63) is 59.7 Å². The molecule has 2 aromatic carbocycles. The predicted molar refractivity (Wildman–Crippen MR) is 94.0 cm³/mol. The van der Waals surface area contributed by atoms with Crippen molar-refractivity contribution in [2.75, 3.05) is 0 Å². The molecule has 2 atom stereocenters. The average molecular weight is 384 g/mol. The lowest BCUT2D eigenvalue weighted by Gasteiger charge is -2.18. The van der Waals surface area contributed by atoms with Gasteiger partial charge >= 0.3 is 0 Å². The van der Waals surface area contributed by atoms with Crippen LogP contribution in [0.3, 0.4) is 0 Å². The number of benzene rings is 2. The summed E-state index contributed by atoms with van der Waals surface area (Å²) in [6, 6.07) is 12.1. The Bertz CT molecular complexity index is 850. The Balaban J connectivity index is 2.10. The van der Waals surface area contributed by atoms with Gasteiger partial charge in [0.05, 0.1) is 9.79 Å². The third kappa shape index (κ3) is 5.12. The molecule has 25 heavy (non-hydrogen) atoms. The van der Waals surface area contributed by atoms with Crippen molar-refractivity contribution in [3.63, 3.8) is 0 Å². The van der Waals surface area contributed by atoms with Gasteiger partial charge in [0, 0.05) is 0 Å². The molecule has 0 aliphatic carbocycles. The molecule has 0 aliphatic heterocycles. The van der Waals surface area contributed by atoms with Gasteiger partial charge in [0.15, 0.2) is 0 Å². The molecule has 0 heterocycles. The van der Waals surface area contributed by atoms with Crippen LogP contribution in [0.25, 0.3) is 0 Å². The highest BCUT2D eigenvalue weighted by Gasteiger charge is 2.16. The van der Waals surface area contributed by atoms with Crippen LogP contribution in [0.5, 0.6) is 0 Å². The minimum atomic E-state index is -4.20. The van der Waals surface area contributed by atoms with Gasteiger partial charge in [-0.2, -0.15) is 16.8 Å². The summed E-state index contributed by atoms with van der Waals surface area (Å²) in [5.74, 6) is 0.262. The Morgan fingerprint density at radius 2 is 0.960 bits per heavy atom. The van der Waals surface area contributed by atoms with Gasteiger partial charge in [-0.05, 0) is 53.6 Å². The molecule has 8 heteroatoms. The van der Waals surface area contributed by atoms with E-state index < -0.39 is 20.2 Å². The second-order valence-corrected chi connectivity index (χ2v) is 8.97. The van der Waals surface area contributed by atoms with E-state index >= 15 is 0 Å². The van der Waals surface area contributed by atoms with Crippen LogP contribution in [0, 0.1) is 0 Å². The molecule has 136 valence electrons. The molecule has 0 aromatic heterocycles. The Kier molecular flexibility index (Phi) is 5.68. The molecule has 0 spiro atoms. The van der Waals surface area contributed by atoms with Crippen molar-refractivity contribution in [1.29, 1.82) is 0 Å². The lowest BCUT2D eigenvalue weighted by atomic mass is 9.87. The Morgan fingerprint density at radius 3 is 1.20 bits per heavy atom. The zero-order valence-corrected chi connectivity index (χ0v) is 15.5. The molecular weight excluding hydrogens is 364 g/mol. The second kappa shape index (κ2) is 7.25. The molecule has 2 rings (SSSR count). The highest BCUT2D eigenvalue weighted by Crippen LogP contribution is 2.30. The maximum Gasteiger partial charge on any atom is 0.294 e. The van der Waals surface area contributed by atoms with Crippen LogP contribution in [-0.4, -0.2) is 25.9 Å². The fourth-order valence-electron chi connectivity index (χ4n) is 2.74. The highest BCUT2D eigenvalue weighted by molar-refractivity contribution is 7.86.